The van der Waals surface area contributed by atoms with Gasteiger partial charge in [-0.3, -0.25) is 4.90 Å². The largest absolute Gasteiger partial charge is 0.409 e. The first-order valence-corrected chi connectivity index (χ1v) is 5.75. The van der Waals surface area contributed by atoms with Crippen molar-refractivity contribution in [1.82, 2.24) is 4.90 Å². The van der Waals surface area contributed by atoms with Crippen molar-refractivity contribution in [2.75, 3.05) is 13.1 Å². The van der Waals surface area contributed by atoms with E-state index in [4.69, 9.17) is 10.9 Å². The Morgan fingerprint density at radius 3 is 2.73 bits per heavy atom. The van der Waals surface area contributed by atoms with Crippen LogP contribution in [0.5, 0.6) is 0 Å². The van der Waals surface area contributed by atoms with Crippen LogP contribution in [0.15, 0.2) is 5.16 Å². The minimum absolute atomic E-state index is 0.327. The molecule has 88 valence electrons. The monoisotopic (exact) mass is 213 g/mol. The average molecular weight is 213 g/mol. The highest BCUT2D eigenvalue weighted by Gasteiger charge is 2.28. The summed E-state index contributed by atoms with van der Waals surface area (Å²) in [5.74, 6) is 1.82. The van der Waals surface area contributed by atoms with E-state index in [1.165, 1.54) is 6.42 Å². The van der Waals surface area contributed by atoms with E-state index in [9.17, 15) is 0 Å². The first-order chi connectivity index (χ1) is 7.04. The highest BCUT2D eigenvalue weighted by atomic mass is 16.4. The van der Waals surface area contributed by atoms with Crippen molar-refractivity contribution in [3.8, 4) is 0 Å². The minimum atomic E-state index is 0.327. The Labute approximate surface area is 92.1 Å². The predicted molar refractivity (Wildman–Crippen MR) is 62.0 cm³/mol. The summed E-state index contributed by atoms with van der Waals surface area (Å²) in [6.45, 7) is 8.88. The SMILES string of the molecule is CC1CC(C)C(C)N(CCC(N)=NO)C1. The maximum atomic E-state index is 8.48. The van der Waals surface area contributed by atoms with Crippen LogP contribution in [-0.2, 0) is 0 Å². The van der Waals surface area contributed by atoms with Crippen molar-refractivity contribution in [3.63, 3.8) is 0 Å². The molecule has 0 aromatic rings. The van der Waals surface area contributed by atoms with E-state index >= 15 is 0 Å². The molecule has 4 heteroatoms. The molecule has 0 radical (unpaired) electrons. The third-order valence-electron chi connectivity index (χ3n) is 3.50. The molecule has 1 fully saturated rings. The molecule has 1 rings (SSSR count). The summed E-state index contributed by atoms with van der Waals surface area (Å²) in [6, 6.07) is 0.604. The van der Waals surface area contributed by atoms with E-state index < -0.39 is 0 Å². The van der Waals surface area contributed by atoms with Gasteiger partial charge in [0.2, 0.25) is 0 Å². The second-order valence-corrected chi connectivity index (χ2v) is 4.90. The number of hydrogen-bond donors (Lipinski definition) is 2. The van der Waals surface area contributed by atoms with Gasteiger partial charge in [-0.1, -0.05) is 19.0 Å². The highest BCUT2D eigenvalue weighted by Crippen LogP contribution is 2.26. The molecule has 0 aromatic carbocycles. The van der Waals surface area contributed by atoms with Crippen LogP contribution in [0.1, 0.15) is 33.6 Å². The molecule has 1 heterocycles. The van der Waals surface area contributed by atoms with Gasteiger partial charge in [0.1, 0.15) is 5.84 Å². The van der Waals surface area contributed by atoms with Gasteiger partial charge < -0.3 is 10.9 Å². The molecule has 0 spiro atoms. The summed E-state index contributed by atoms with van der Waals surface area (Å²) in [5, 5.41) is 11.5. The Kier molecular flexibility index (Phi) is 4.39. The Morgan fingerprint density at radius 1 is 1.47 bits per heavy atom. The lowest BCUT2D eigenvalue weighted by atomic mass is 9.86. The van der Waals surface area contributed by atoms with E-state index in [1.54, 1.807) is 0 Å². The quantitative estimate of drug-likeness (QED) is 0.323. The predicted octanol–water partition coefficient (Wildman–Crippen LogP) is 1.49. The average Bonchev–Trinajstić information content (AvgIpc) is 2.20. The van der Waals surface area contributed by atoms with E-state index in [0.717, 1.165) is 24.9 Å². The summed E-state index contributed by atoms with van der Waals surface area (Å²) in [4.78, 5) is 2.44. The number of oxime groups is 1. The molecule has 3 atom stereocenters. The Bertz CT molecular complexity index is 230. The van der Waals surface area contributed by atoms with E-state index in [0.29, 0.717) is 18.3 Å². The van der Waals surface area contributed by atoms with Crippen molar-refractivity contribution >= 4 is 5.84 Å². The number of nitrogens with two attached hydrogens (primary N) is 1. The molecule has 0 aliphatic carbocycles. The number of likely N-dealkylation sites (tertiary alicyclic amines) is 1. The zero-order valence-electron chi connectivity index (χ0n) is 9.98. The van der Waals surface area contributed by atoms with Gasteiger partial charge in [0.25, 0.3) is 0 Å². The lowest BCUT2D eigenvalue weighted by molar-refractivity contribution is 0.0824. The normalized spacial score (nSPS) is 34.3. The smallest absolute Gasteiger partial charge is 0.140 e. The van der Waals surface area contributed by atoms with Crippen LogP contribution in [0.3, 0.4) is 0 Å². The number of rotatable bonds is 3. The first-order valence-electron chi connectivity index (χ1n) is 5.75. The Morgan fingerprint density at radius 2 is 2.13 bits per heavy atom. The fourth-order valence-electron chi connectivity index (χ4n) is 2.44. The molecule has 1 aliphatic rings. The van der Waals surface area contributed by atoms with Gasteiger partial charge >= 0.3 is 0 Å². The van der Waals surface area contributed by atoms with Gasteiger partial charge in [0.05, 0.1) is 0 Å². The van der Waals surface area contributed by atoms with Gasteiger partial charge in [0.15, 0.2) is 0 Å². The lowest BCUT2D eigenvalue weighted by Gasteiger charge is -2.41. The maximum Gasteiger partial charge on any atom is 0.140 e. The maximum absolute atomic E-state index is 8.48. The van der Waals surface area contributed by atoms with E-state index in [1.807, 2.05) is 0 Å². The molecule has 0 bridgehead atoms. The van der Waals surface area contributed by atoms with Crippen molar-refractivity contribution in [1.29, 1.82) is 0 Å². The zero-order chi connectivity index (χ0) is 11.4. The summed E-state index contributed by atoms with van der Waals surface area (Å²) in [6.07, 6.45) is 1.96. The summed E-state index contributed by atoms with van der Waals surface area (Å²) in [5.41, 5.74) is 5.48. The van der Waals surface area contributed by atoms with Gasteiger partial charge in [-0.25, -0.2) is 0 Å². The highest BCUT2D eigenvalue weighted by molar-refractivity contribution is 5.79. The minimum Gasteiger partial charge on any atom is -0.409 e. The second kappa shape index (κ2) is 5.35. The van der Waals surface area contributed by atoms with Gasteiger partial charge in [0, 0.05) is 25.6 Å². The van der Waals surface area contributed by atoms with Crippen molar-refractivity contribution in [2.45, 2.75) is 39.7 Å². The topological polar surface area (TPSA) is 61.8 Å². The molecule has 15 heavy (non-hydrogen) atoms. The van der Waals surface area contributed by atoms with E-state index in [2.05, 4.69) is 30.8 Å². The van der Waals surface area contributed by atoms with Crippen LogP contribution >= 0.6 is 0 Å². The van der Waals surface area contributed by atoms with Crippen molar-refractivity contribution < 1.29 is 5.21 Å². The zero-order valence-corrected chi connectivity index (χ0v) is 9.98. The Balaban J connectivity index is 2.45. The molecule has 3 unspecified atom stereocenters. The fourth-order valence-corrected chi connectivity index (χ4v) is 2.44. The van der Waals surface area contributed by atoms with Crippen molar-refractivity contribution in [2.24, 2.45) is 22.7 Å². The van der Waals surface area contributed by atoms with Crippen LogP contribution in [0.25, 0.3) is 0 Å². The van der Waals surface area contributed by atoms with Crippen LogP contribution in [0, 0.1) is 11.8 Å². The summed E-state index contributed by atoms with van der Waals surface area (Å²) in [7, 11) is 0. The number of amidine groups is 1. The lowest BCUT2D eigenvalue weighted by Crippen LogP contribution is -2.46. The molecule has 0 aromatic heterocycles. The number of hydrogen-bond acceptors (Lipinski definition) is 3. The standard InChI is InChI=1S/C11H23N3O/c1-8-6-9(2)10(3)14(7-8)5-4-11(12)13-15/h8-10,15H,4-7H2,1-3H3,(H2,12,13). The van der Waals surface area contributed by atoms with Crippen LogP contribution in [0.4, 0.5) is 0 Å². The number of piperidine rings is 1. The molecule has 3 N–H and O–H groups in total. The van der Waals surface area contributed by atoms with Gasteiger partial charge in [-0.05, 0) is 25.2 Å². The van der Waals surface area contributed by atoms with Crippen LogP contribution < -0.4 is 5.73 Å². The second-order valence-electron chi connectivity index (χ2n) is 4.90. The van der Waals surface area contributed by atoms with Crippen molar-refractivity contribution in [3.05, 3.63) is 0 Å². The fraction of sp³-hybridized carbons (Fsp3) is 0.909. The van der Waals surface area contributed by atoms with Crippen LogP contribution in [-0.4, -0.2) is 35.1 Å². The summed E-state index contributed by atoms with van der Waals surface area (Å²) >= 11 is 0. The van der Waals surface area contributed by atoms with E-state index in [-0.39, 0.29) is 0 Å². The van der Waals surface area contributed by atoms with Gasteiger partial charge in [-0.15, -0.1) is 0 Å². The molecular formula is C11H23N3O. The number of nitrogens with zero attached hydrogens (tertiary/aromatic N) is 2. The molecule has 1 aliphatic heterocycles. The molecule has 1 saturated heterocycles. The van der Waals surface area contributed by atoms with Gasteiger partial charge in [-0.2, -0.15) is 0 Å². The third-order valence-corrected chi connectivity index (χ3v) is 3.50. The molecule has 0 amide bonds. The molecule has 0 saturated carbocycles. The van der Waals surface area contributed by atoms with Crippen LogP contribution in [0.2, 0.25) is 0 Å². The summed E-state index contributed by atoms with van der Waals surface area (Å²) < 4.78 is 0. The Hall–Kier alpha value is -0.770. The first kappa shape index (κ1) is 12.3. The molecular weight excluding hydrogens is 190 g/mol. The third kappa shape index (κ3) is 3.38. The molecule has 4 nitrogen and oxygen atoms in total.